The zero-order valence-electron chi connectivity index (χ0n) is 21.1. The fourth-order valence-corrected chi connectivity index (χ4v) is 5.63. The van der Waals surface area contributed by atoms with Crippen LogP contribution in [0.1, 0.15) is 43.7 Å². The van der Waals surface area contributed by atoms with Crippen molar-refractivity contribution in [2.45, 2.75) is 32.6 Å². The number of nitrogens with one attached hydrogen (secondary N) is 1. The molecule has 3 aromatic carbocycles. The highest BCUT2D eigenvalue weighted by atomic mass is 79.9. The van der Waals surface area contributed by atoms with Crippen LogP contribution in [0.15, 0.2) is 100 Å². The molecule has 0 saturated carbocycles. The lowest BCUT2D eigenvalue weighted by molar-refractivity contribution is -0.118. The van der Waals surface area contributed by atoms with E-state index in [-0.39, 0.29) is 22.8 Å². The number of benzene rings is 3. The minimum Gasteiger partial charge on any atom is -0.507 e. The van der Waals surface area contributed by atoms with Gasteiger partial charge in [-0.3, -0.25) is 15.1 Å². The fourth-order valence-electron chi connectivity index (χ4n) is 5.37. The summed E-state index contributed by atoms with van der Waals surface area (Å²) in [6, 6.07) is 24.5. The van der Waals surface area contributed by atoms with E-state index in [0.29, 0.717) is 35.3 Å². The largest absolute Gasteiger partial charge is 0.507 e. The number of ether oxygens (including phenoxy) is 1. The van der Waals surface area contributed by atoms with Gasteiger partial charge in [0.2, 0.25) is 0 Å². The molecule has 5 rings (SSSR count). The number of Topliss-reactive ketones (excluding diaryl/α,β-unsaturated/α-hetero) is 1. The second-order valence-corrected chi connectivity index (χ2v) is 11.2. The molecule has 1 unspecified atom stereocenters. The van der Waals surface area contributed by atoms with Crippen molar-refractivity contribution in [2.75, 3.05) is 12.0 Å². The van der Waals surface area contributed by atoms with Crippen LogP contribution in [0.2, 0.25) is 0 Å². The molecule has 1 aliphatic heterocycles. The zero-order chi connectivity index (χ0) is 26.3. The molecular formula is C31H29BrN2O3. The standard InChI is InChI=1S/C31H29BrN2O3/c1-31(2)17-24-27(25(35)18-31)26(19-9-15-23(37-3)16-10-19)28(29(36)20-7-5-4-6-8-20)30(33)34(24)22-13-11-21(32)12-14-22/h4-16,26,33,36H,17-18H2,1-3H3. The number of aliphatic hydroxyl groups is 1. The van der Waals surface area contributed by atoms with Crippen molar-refractivity contribution in [1.82, 2.24) is 0 Å². The van der Waals surface area contributed by atoms with Crippen LogP contribution in [0.4, 0.5) is 5.69 Å². The molecule has 0 spiro atoms. The number of amidine groups is 1. The van der Waals surface area contributed by atoms with Gasteiger partial charge in [0.15, 0.2) is 5.78 Å². The van der Waals surface area contributed by atoms with Gasteiger partial charge in [0.1, 0.15) is 17.3 Å². The van der Waals surface area contributed by atoms with Crippen molar-refractivity contribution in [1.29, 1.82) is 5.41 Å². The molecule has 0 bridgehead atoms. The summed E-state index contributed by atoms with van der Waals surface area (Å²) in [5.74, 6) is 0.324. The number of carbonyl (C=O) groups is 1. The molecule has 1 aliphatic carbocycles. The lowest BCUT2D eigenvalue weighted by atomic mass is 9.67. The Hall–Kier alpha value is -3.64. The van der Waals surface area contributed by atoms with Gasteiger partial charge in [0.25, 0.3) is 0 Å². The van der Waals surface area contributed by atoms with E-state index in [2.05, 4.69) is 29.8 Å². The molecule has 2 N–H and O–H groups in total. The Balaban J connectivity index is 1.83. The van der Waals surface area contributed by atoms with Gasteiger partial charge in [0.05, 0.1) is 7.11 Å². The van der Waals surface area contributed by atoms with Crippen LogP contribution in [0, 0.1) is 10.8 Å². The number of nitrogens with zero attached hydrogens (tertiary/aromatic N) is 1. The number of ketones is 1. The molecule has 3 aromatic rings. The first-order chi connectivity index (χ1) is 17.7. The molecule has 0 aromatic heterocycles. The van der Waals surface area contributed by atoms with Crippen molar-refractivity contribution in [3.8, 4) is 5.75 Å². The van der Waals surface area contributed by atoms with Gasteiger partial charge in [-0.1, -0.05) is 72.2 Å². The summed E-state index contributed by atoms with van der Waals surface area (Å²) in [6.45, 7) is 4.18. The van der Waals surface area contributed by atoms with E-state index >= 15 is 0 Å². The van der Waals surface area contributed by atoms with Gasteiger partial charge in [-0.05, 0) is 53.8 Å². The van der Waals surface area contributed by atoms with Crippen LogP contribution in [-0.4, -0.2) is 23.8 Å². The highest BCUT2D eigenvalue weighted by molar-refractivity contribution is 9.10. The van der Waals surface area contributed by atoms with E-state index in [1.807, 2.05) is 83.8 Å². The number of hydrogen-bond acceptors (Lipinski definition) is 4. The Labute approximate surface area is 225 Å². The monoisotopic (exact) mass is 556 g/mol. The number of rotatable bonds is 4. The molecule has 2 aliphatic rings. The number of halogens is 1. The van der Waals surface area contributed by atoms with Crippen LogP contribution >= 0.6 is 15.9 Å². The predicted molar refractivity (Wildman–Crippen MR) is 151 cm³/mol. The number of allylic oxidation sites excluding steroid dienone is 2. The van der Waals surface area contributed by atoms with Crippen LogP contribution in [-0.2, 0) is 4.79 Å². The van der Waals surface area contributed by atoms with Gasteiger partial charge < -0.3 is 9.84 Å². The van der Waals surface area contributed by atoms with Crippen molar-refractivity contribution in [3.63, 3.8) is 0 Å². The highest BCUT2D eigenvalue weighted by Gasteiger charge is 2.46. The molecule has 1 heterocycles. The molecule has 37 heavy (non-hydrogen) atoms. The number of methoxy groups -OCH3 is 1. The molecule has 6 heteroatoms. The normalized spacial score (nSPS) is 20.5. The first-order valence-corrected chi connectivity index (χ1v) is 13.0. The van der Waals surface area contributed by atoms with Gasteiger partial charge in [-0.15, -0.1) is 0 Å². The zero-order valence-corrected chi connectivity index (χ0v) is 22.7. The Morgan fingerprint density at radius 1 is 1.00 bits per heavy atom. The van der Waals surface area contributed by atoms with E-state index in [1.54, 1.807) is 7.11 Å². The third kappa shape index (κ3) is 4.62. The average Bonchev–Trinajstić information content (AvgIpc) is 2.88. The Kier molecular flexibility index (Phi) is 6.54. The number of carbonyl (C=O) groups excluding carboxylic acids is 1. The lowest BCUT2D eigenvalue weighted by Crippen LogP contribution is -2.45. The molecule has 0 saturated heterocycles. The summed E-state index contributed by atoms with van der Waals surface area (Å²) in [6.07, 6.45) is 1.04. The molecular weight excluding hydrogens is 528 g/mol. The first kappa shape index (κ1) is 25.0. The molecule has 188 valence electrons. The third-order valence-electron chi connectivity index (χ3n) is 7.06. The lowest BCUT2D eigenvalue weighted by Gasteiger charge is -2.45. The Morgan fingerprint density at radius 3 is 2.27 bits per heavy atom. The minimum absolute atomic E-state index is 0.00212. The molecule has 1 atom stereocenters. The van der Waals surface area contributed by atoms with Gasteiger partial charge >= 0.3 is 0 Å². The minimum atomic E-state index is -0.580. The smallest absolute Gasteiger partial charge is 0.162 e. The second kappa shape index (κ2) is 9.67. The SMILES string of the molecule is COc1ccc(C2C(=C(O)c3ccccc3)C(=N)N(c3ccc(Br)cc3)C3=C2C(=O)CC(C)(C)C3)cc1. The van der Waals surface area contributed by atoms with Crippen molar-refractivity contribution in [3.05, 3.63) is 111 Å². The first-order valence-electron chi connectivity index (χ1n) is 12.2. The van der Waals surface area contributed by atoms with Gasteiger partial charge in [0, 0.05) is 44.9 Å². The molecule has 0 radical (unpaired) electrons. The molecule has 0 fully saturated rings. The summed E-state index contributed by atoms with van der Waals surface area (Å²) in [4.78, 5) is 15.7. The van der Waals surface area contributed by atoms with Crippen LogP contribution < -0.4 is 9.64 Å². The van der Waals surface area contributed by atoms with E-state index in [1.165, 1.54) is 0 Å². The Bertz CT molecular complexity index is 1420. The topological polar surface area (TPSA) is 73.6 Å². The number of hydrogen-bond donors (Lipinski definition) is 2. The van der Waals surface area contributed by atoms with Crippen LogP contribution in [0.5, 0.6) is 5.75 Å². The van der Waals surface area contributed by atoms with E-state index in [4.69, 9.17) is 4.74 Å². The summed E-state index contributed by atoms with van der Waals surface area (Å²) >= 11 is 3.50. The summed E-state index contributed by atoms with van der Waals surface area (Å²) < 4.78 is 6.29. The Morgan fingerprint density at radius 2 is 1.65 bits per heavy atom. The van der Waals surface area contributed by atoms with E-state index < -0.39 is 5.92 Å². The summed E-state index contributed by atoms with van der Waals surface area (Å²) in [7, 11) is 1.61. The molecule has 5 nitrogen and oxygen atoms in total. The maximum Gasteiger partial charge on any atom is 0.162 e. The highest BCUT2D eigenvalue weighted by Crippen LogP contribution is 2.51. The number of aliphatic hydroxyl groups excluding tert-OH is 1. The average molecular weight is 557 g/mol. The van der Waals surface area contributed by atoms with Gasteiger partial charge in [-0.25, -0.2) is 0 Å². The maximum atomic E-state index is 13.9. The van der Waals surface area contributed by atoms with Crippen LogP contribution in [0.25, 0.3) is 5.76 Å². The summed E-state index contributed by atoms with van der Waals surface area (Å²) in [5.41, 5.74) is 3.82. The third-order valence-corrected chi connectivity index (χ3v) is 7.59. The molecule has 0 amide bonds. The maximum absolute atomic E-state index is 13.9. The quantitative estimate of drug-likeness (QED) is 0.323. The van der Waals surface area contributed by atoms with E-state index in [0.717, 1.165) is 21.4 Å². The predicted octanol–water partition coefficient (Wildman–Crippen LogP) is 7.65. The van der Waals surface area contributed by atoms with Crippen molar-refractivity contribution in [2.24, 2.45) is 5.41 Å². The van der Waals surface area contributed by atoms with Crippen molar-refractivity contribution >= 4 is 39.0 Å². The second-order valence-electron chi connectivity index (χ2n) is 10.3. The van der Waals surface area contributed by atoms with E-state index in [9.17, 15) is 15.3 Å². The number of anilines is 1. The van der Waals surface area contributed by atoms with Crippen molar-refractivity contribution < 1.29 is 14.6 Å². The van der Waals surface area contributed by atoms with Crippen LogP contribution in [0.3, 0.4) is 0 Å². The van der Waals surface area contributed by atoms with Gasteiger partial charge in [-0.2, -0.15) is 0 Å². The summed E-state index contributed by atoms with van der Waals surface area (Å²) in [5, 5.41) is 21.2. The fraction of sp³-hybridized carbons (Fsp3) is 0.226.